The summed E-state index contributed by atoms with van der Waals surface area (Å²) in [6.07, 6.45) is 7.59. The van der Waals surface area contributed by atoms with Crippen molar-refractivity contribution in [1.29, 1.82) is 0 Å². The molecule has 1 heteroatoms. The summed E-state index contributed by atoms with van der Waals surface area (Å²) in [5.41, 5.74) is 0. The van der Waals surface area contributed by atoms with Crippen LogP contribution < -0.4 is 0 Å². The van der Waals surface area contributed by atoms with Crippen LogP contribution in [0, 0.1) is 6.92 Å². The maximum atomic E-state index is 5.20. The van der Waals surface area contributed by atoms with Crippen LogP contribution in [-0.2, 0) is 6.42 Å². The van der Waals surface area contributed by atoms with Gasteiger partial charge in [0.15, 0.2) is 0 Å². The van der Waals surface area contributed by atoms with Gasteiger partial charge in [-0.15, -0.1) is 0 Å². The Bertz CT molecular complexity index is 165. The van der Waals surface area contributed by atoms with E-state index in [9.17, 15) is 0 Å². The number of hydrogen-bond acceptors (Lipinski definition) is 1. The van der Waals surface area contributed by atoms with Crippen molar-refractivity contribution in [2.75, 3.05) is 0 Å². The fraction of sp³-hybridized carbons (Fsp3) is 0.500. The van der Waals surface area contributed by atoms with Crippen LogP contribution in [0.2, 0.25) is 0 Å². The van der Waals surface area contributed by atoms with Crippen molar-refractivity contribution in [2.24, 2.45) is 0 Å². The third-order valence-corrected chi connectivity index (χ3v) is 1.75. The van der Waals surface area contributed by atoms with E-state index < -0.39 is 0 Å². The number of hydrogen-bond donors (Lipinski definition) is 0. The predicted molar refractivity (Wildman–Crippen MR) is 46.2 cm³/mol. The van der Waals surface area contributed by atoms with Crippen molar-refractivity contribution in [1.82, 2.24) is 0 Å². The summed E-state index contributed by atoms with van der Waals surface area (Å²) in [5, 5.41) is 0. The molecule has 1 nitrogen and oxygen atoms in total. The molecule has 0 bridgehead atoms. The van der Waals surface area contributed by atoms with Crippen molar-refractivity contribution < 1.29 is 4.42 Å². The summed E-state index contributed by atoms with van der Waals surface area (Å²) in [6.45, 7) is 3.80. The Hall–Kier alpha value is -0.720. The first-order chi connectivity index (χ1) is 5.43. The molecule has 0 spiro atoms. The van der Waals surface area contributed by atoms with Crippen molar-refractivity contribution in [3.8, 4) is 0 Å². The Balaban J connectivity index is 2.04. The lowest BCUT2D eigenvalue weighted by Gasteiger charge is -1.95. The van der Waals surface area contributed by atoms with Crippen LogP contribution in [0.15, 0.2) is 22.8 Å². The minimum Gasteiger partial charge on any atom is -0.469 e. The molecule has 1 radical (unpaired) electrons. The van der Waals surface area contributed by atoms with Crippen molar-refractivity contribution in [3.05, 3.63) is 31.1 Å². The zero-order valence-electron chi connectivity index (χ0n) is 6.88. The molecule has 61 valence electrons. The molecule has 1 heterocycles. The van der Waals surface area contributed by atoms with Crippen LogP contribution >= 0.6 is 0 Å². The summed E-state index contributed by atoms with van der Waals surface area (Å²) in [7, 11) is 0. The predicted octanol–water partition coefficient (Wildman–Crippen LogP) is 3.22. The Labute approximate surface area is 68.4 Å². The van der Waals surface area contributed by atoms with E-state index in [-0.39, 0.29) is 0 Å². The molecule has 0 aliphatic heterocycles. The van der Waals surface area contributed by atoms with E-state index in [1.807, 2.05) is 12.1 Å². The minimum atomic E-state index is 1.05. The van der Waals surface area contributed by atoms with E-state index in [2.05, 4.69) is 6.92 Å². The van der Waals surface area contributed by atoms with Crippen molar-refractivity contribution >= 4 is 0 Å². The van der Waals surface area contributed by atoms with Gasteiger partial charge < -0.3 is 4.42 Å². The van der Waals surface area contributed by atoms with Gasteiger partial charge >= 0.3 is 0 Å². The van der Waals surface area contributed by atoms with Gasteiger partial charge in [-0.25, -0.2) is 0 Å². The molecule has 0 saturated carbocycles. The highest BCUT2D eigenvalue weighted by atomic mass is 16.3. The van der Waals surface area contributed by atoms with E-state index in [1.165, 1.54) is 19.3 Å². The van der Waals surface area contributed by atoms with Gasteiger partial charge in [-0.05, 0) is 18.6 Å². The lowest BCUT2D eigenvalue weighted by atomic mass is 10.1. The summed E-state index contributed by atoms with van der Waals surface area (Å²) < 4.78 is 5.20. The highest BCUT2D eigenvalue weighted by molar-refractivity contribution is 4.97. The third kappa shape index (κ3) is 3.26. The normalized spacial score (nSPS) is 10.3. The Morgan fingerprint density at radius 1 is 1.27 bits per heavy atom. The molecule has 0 N–H and O–H groups in total. The monoisotopic (exact) mass is 151 g/mol. The summed E-state index contributed by atoms with van der Waals surface area (Å²) in [4.78, 5) is 0. The molecule has 0 fully saturated rings. The molecule has 0 amide bonds. The van der Waals surface area contributed by atoms with E-state index in [1.54, 1.807) is 6.26 Å². The Kier molecular flexibility index (Phi) is 3.81. The second kappa shape index (κ2) is 5.00. The molecule has 0 saturated heterocycles. The number of unbranched alkanes of at least 4 members (excludes halogenated alkanes) is 3. The summed E-state index contributed by atoms with van der Waals surface area (Å²) in [5.74, 6) is 1.11. The SMILES string of the molecule is [CH2]CCCCCc1ccco1. The van der Waals surface area contributed by atoms with Gasteiger partial charge in [-0.2, -0.15) is 0 Å². The minimum absolute atomic E-state index is 1.05. The molecule has 11 heavy (non-hydrogen) atoms. The number of furan rings is 1. The second-order valence-electron chi connectivity index (χ2n) is 2.74. The Morgan fingerprint density at radius 2 is 2.18 bits per heavy atom. The van der Waals surface area contributed by atoms with Gasteiger partial charge in [0.05, 0.1) is 6.26 Å². The first-order valence-corrected chi connectivity index (χ1v) is 4.25. The van der Waals surface area contributed by atoms with Gasteiger partial charge in [0.25, 0.3) is 0 Å². The van der Waals surface area contributed by atoms with Crippen LogP contribution in [0.25, 0.3) is 0 Å². The summed E-state index contributed by atoms with van der Waals surface area (Å²) in [6, 6.07) is 3.97. The lowest BCUT2D eigenvalue weighted by molar-refractivity contribution is 0.495. The molecule has 1 aromatic heterocycles. The highest BCUT2D eigenvalue weighted by Crippen LogP contribution is 2.07. The number of aryl methyl sites for hydroxylation is 1. The van der Waals surface area contributed by atoms with Gasteiger partial charge in [0.2, 0.25) is 0 Å². The molecule has 1 aromatic rings. The van der Waals surface area contributed by atoms with Gasteiger partial charge in [0, 0.05) is 6.42 Å². The lowest BCUT2D eigenvalue weighted by Crippen LogP contribution is -1.81. The van der Waals surface area contributed by atoms with Crippen LogP contribution in [0.4, 0.5) is 0 Å². The molecule has 1 rings (SSSR count). The number of rotatable bonds is 5. The van der Waals surface area contributed by atoms with Crippen LogP contribution in [0.3, 0.4) is 0 Å². The average Bonchev–Trinajstić information content (AvgIpc) is 2.50. The van der Waals surface area contributed by atoms with Crippen molar-refractivity contribution in [2.45, 2.75) is 32.1 Å². The third-order valence-electron chi connectivity index (χ3n) is 1.75. The van der Waals surface area contributed by atoms with E-state index in [0.29, 0.717) is 0 Å². The van der Waals surface area contributed by atoms with Gasteiger partial charge in [0.1, 0.15) is 5.76 Å². The van der Waals surface area contributed by atoms with Crippen LogP contribution in [0.1, 0.15) is 31.4 Å². The van der Waals surface area contributed by atoms with Gasteiger partial charge in [-0.1, -0.05) is 26.2 Å². The molecule has 0 aromatic carbocycles. The maximum absolute atomic E-state index is 5.20. The fourth-order valence-corrected chi connectivity index (χ4v) is 1.11. The zero-order valence-corrected chi connectivity index (χ0v) is 6.88. The molecule has 0 atom stereocenters. The fourth-order valence-electron chi connectivity index (χ4n) is 1.11. The van der Waals surface area contributed by atoms with Crippen molar-refractivity contribution in [3.63, 3.8) is 0 Å². The highest BCUT2D eigenvalue weighted by Gasteiger charge is 1.93. The molecular weight excluding hydrogens is 136 g/mol. The smallest absolute Gasteiger partial charge is 0.103 e. The Morgan fingerprint density at radius 3 is 2.82 bits per heavy atom. The van der Waals surface area contributed by atoms with Gasteiger partial charge in [-0.3, -0.25) is 0 Å². The van der Waals surface area contributed by atoms with Crippen LogP contribution in [-0.4, -0.2) is 0 Å². The van der Waals surface area contributed by atoms with E-state index in [4.69, 9.17) is 4.42 Å². The first kappa shape index (κ1) is 8.38. The maximum Gasteiger partial charge on any atom is 0.103 e. The summed E-state index contributed by atoms with van der Waals surface area (Å²) >= 11 is 0. The molecule has 0 aliphatic rings. The van der Waals surface area contributed by atoms with E-state index >= 15 is 0 Å². The molecule has 0 unspecified atom stereocenters. The molecule has 0 aliphatic carbocycles. The topological polar surface area (TPSA) is 13.1 Å². The average molecular weight is 151 g/mol. The quantitative estimate of drug-likeness (QED) is 0.589. The zero-order chi connectivity index (χ0) is 7.94. The van der Waals surface area contributed by atoms with E-state index in [0.717, 1.165) is 18.6 Å². The molecular formula is C10H15O. The largest absolute Gasteiger partial charge is 0.469 e. The first-order valence-electron chi connectivity index (χ1n) is 4.25. The van der Waals surface area contributed by atoms with Crippen LogP contribution in [0.5, 0.6) is 0 Å². The second-order valence-corrected chi connectivity index (χ2v) is 2.74. The standard InChI is InChI=1S/C10H15O/c1-2-3-4-5-7-10-8-6-9-11-10/h6,8-9H,1-5,7H2.